The van der Waals surface area contributed by atoms with E-state index in [1.807, 2.05) is 37.3 Å². The van der Waals surface area contributed by atoms with Crippen LogP contribution in [0.1, 0.15) is 42.4 Å². The second kappa shape index (κ2) is 10.2. The van der Waals surface area contributed by atoms with Gasteiger partial charge >= 0.3 is 0 Å². The van der Waals surface area contributed by atoms with Gasteiger partial charge in [0.1, 0.15) is 5.82 Å². The second-order valence-electron chi connectivity index (χ2n) is 9.33. The number of piperazine rings is 1. The molecule has 2 aromatic rings. The Morgan fingerprint density at radius 2 is 1.55 bits per heavy atom. The van der Waals surface area contributed by atoms with E-state index in [9.17, 15) is 0 Å². The van der Waals surface area contributed by atoms with Gasteiger partial charge in [-0.15, -0.1) is 0 Å². The third-order valence-corrected chi connectivity index (χ3v) is 7.10. The summed E-state index contributed by atoms with van der Waals surface area (Å²) in [5, 5.41) is 0. The smallest absolute Gasteiger partial charge is 0.101 e. The first-order chi connectivity index (χ1) is 15.9. The number of allylic oxidation sites excluding steroid dienone is 3. The molecular weight excluding hydrogens is 406 g/mol. The lowest BCUT2D eigenvalue weighted by molar-refractivity contribution is 0.158. The summed E-state index contributed by atoms with van der Waals surface area (Å²) in [6, 6.07) is 17.3. The van der Waals surface area contributed by atoms with Crippen LogP contribution in [0.2, 0.25) is 0 Å². The zero-order valence-corrected chi connectivity index (χ0v) is 19.8. The molecule has 0 bridgehead atoms. The first-order valence-electron chi connectivity index (χ1n) is 12.0. The lowest BCUT2D eigenvalue weighted by atomic mass is 9.90. The number of benzene rings is 2. The van der Waals surface area contributed by atoms with Gasteiger partial charge in [-0.25, -0.2) is 0 Å². The second-order valence-corrected chi connectivity index (χ2v) is 9.33. The monoisotopic (exact) mass is 443 g/mol. The molecular formula is C28H37N5. The maximum atomic E-state index is 6.40. The fourth-order valence-electron chi connectivity index (χ4n) is 5.04. The number of nitrogens with two attached hydrogens (primary N) is 3. The Morgan fingerprint density at radius 3 is 2.15 bits per heavy atom. The van der Waals surface area contributed by atoms with Crippen LogP contribution < -0.4 is 22.1 Å². The molecule has 6 N–H and O–H groups in total. The van der Waals surface area contributed by atoms with Gasteiger partial charge in [0, 0.05) is 54.7 Å². The lowest BCUT2D eigenvalue weighted by Gasteiger charge is -2.41. The topological polar surface area (TPSA) is 84.5 Å². The Bertz CT molecular complexity index is 1030. The Morgan fingerprint density at radius 1 is 0.909 bits per heavy atom. The van der Waals surface area contributed by atoms with Crippen molar-refractivity contribution in [2.45, 2.75) is 38.6 Å². The molecule has 1 saturated carbocycles. The molecule has 0 amide bonds. The maximum Gasteiger partial charge on any atom is 0.101 e. The van der Waals surface area contributed by atoms with Crippen LogP contribution in [0.25, 0.3) is 11.3 Å². The molecule has 4 rings (SSSR count). The highest BCUT2D eigenvalue weighted by Crippen LogP contribution is 2.28. The SMILES string of the molecule is C=C1CCC(N2CCN(c3ccc(C(/C=C(\N)c4ccccc4C)=C(N)N)cc3)CC2)CC1. The van der Waals surface area contributed by atoms with Crippen LogP contribution in [0, 0.1) is 6.92 Å². The summed E-state index contributed by atoms with van der Waals surface area (Å²) in [5.74, 6) is 0.267. The summed E-state index contributed by atoms with van der Waals surface area (Å²) in [7, 11) is 0. The minimum Gasteiger partial charge on any atom is -0.398 e. The highest BCUT2D eigenvalue weighted by molar-refractivity contribution is 5.85. The zero-order chi connectivity index (χ0) is 23.4. The van der Waals surface area contributed by atoms with Crippen molar-refractivity contribution < 1.29 is 0 Å². The molecule has 2 fully saturated rings. The van der Waals surface area contributed by atoms with Gasteiger partial charge in [-0.05, 0) is 61.9 Å². The predicted molar refractivity (Wildman–Crippen MR) is 140 cm³/mol. The molecule has 0 atom stereocenters. The van der Waals surface area contributed by atoms with E-state index in [4.69, 9.17) is 17.2 Å². The number of hydrogen-bond donors (Lipinski definition) is 3. The molecule has 2 aliphatic rings. The van der Waals surface area contributed by atoms with Crippen molar-refractivity contribution >= 4 is 17.0 Å². The molecule has 0 unspecified atom stereocenters. The van der Waals surface area contributed by atoms with Crippen molar-refractivity contribution in [1.82, 2.24) is 4.90 Å². The van der Waals surface area contributed by atoms with E-state index in [0.29, 0.717) is 5.70 Å². The average Bonchev–Trinajstić information content (AvgIpc) is 2.83. The van der Waals surface area contributed by atoms with Crippen molar-refractivity contribution in [3.05, 3.63) is 89.3 Å². The molecule has 0 radical (unpaired) electrons. The van der Waals surface area contributed by atoms with E-state index in [0.717, 1.165) is 54.5 Å². The fraction of sp³-hybridized carbons (Fsp3) is 0.357. The molecule has 174 valence electrons. The van der Waals surface area contributed by atoms with Gasteiger partial charge in [0.15, 0.2) is 0 Å². The highest BCUT2D eigenvalue weighted by atomic mass is 15.3. The minimum atomic E-state index is 0.267. The molecule has 1 heterocycles. The van der Waals surface area contributed by atoms with Gasteiger partial charge in [-0.2, -0.15) is 0 Å². The number of aryl methyl sites for hydroxylation is 1. The van der Waals surface area contributed by atoms with Crippen LogP contribution in [0.3, 0.4) is 0 Å². The zero-order valence-electron chi connectivity index (χ0n) is 19.8. The first-order valence-corrected chi connectivity index (χ1v) is 12.0. The Balaban J connectivity index is 1.43. The van der Waals surface area contributed by atoms with E-state index in [1.165, 1.54) is 36.9 Å². The van der Waals surface area contributed by atoms with Crippen LogP contribution in [0.5, 0.6) is 0 Å². The normalized spacial score (nSPS) is 18.4. The summed E-state index contributed by atoms with van der Waals surface area (Å²) < 4.78 is 0. The van der Waals surface area contributed by atoms with E-state index in [2.05, 4.69) is 40.6 Å². The molecule has 1 aliphatic carbocycles. The van der Waals surface area contributed by atoms with E-state index >= 15 is 0 Å². The molecule has 1 aliphatic heterocycles. The average molecular weight is 444 g/mol. The van der Waals surface area contributed by atoms with Gasteiger partial charge in [0.25, 0.3) is 0 Å². The van der Waals surface area contributed by atoms with Crippen molar-refractivity contribution in [3.63, 3.8) is 0 Å². The van der Waals surface area contributed by atoms with Gasteiger partial charge < -0.3 is 22.1 Å². The quantitative estimate of drug-likeness (QED) is 0.476. The summed E-state index contributed by atoms with van der Waals surface area (Å²) in [5.41, 5.74) is 25.6. The predicted octanol–water partition coefficient (Wildman–Crippen LogP) is 4.20. The van der Waals surface area contributed by atoms with E-state index in [-0.39, 0.29) is 5.82 Å². The summed E-state index contributed by atoms with van der Waals surface area (Å²) in [4.78, 5) is 5.14. The largest absolute Gasteiger partial charge is 0.398 e. The van der Waals surface area contributed by atoms with Gasteiger partial charge in [-0.3, -0.25) is 4.90 Å². The number of rotatable bonds is 5. The minimum absolute atomic E-state index is 0.267. The van der Waals surface area contributed by atoms with Gasteiger partial charge in [-0.1, -0.05) is 48.6 Å². The van der Waals surface area contributed by atoms with Gasteiger partial charge in [0.05, 0.1) is 0 Å². The molecule has 1 saturated heterocycles. The van der Waals surface area contributed by atoms with E-state index in [1.54, 1.807) is 0 Å². The Kier molecular flexibility index (Phi) is 7.09. The third kappa shape index (κ3) is 5.42. The van der Waals surface area contributed by atoms with Gasteiger partial charge in [0.2, 0.25) is 0 Å². The molecule has 0 aromatic heterocycles. The first kappa shape index (κ1) is 23.0. The van der Waals surface area contributed by atoms with Crippen LogP contribution >= 0.6 is 0 Å². The highest BCUT2D eigenvalue weighted by Gasteiger charge is 2.26. The van der Waals surface area contributed by atoms with Crippen molar-refractivity contribution in [2.75, 3.05) is 31.1 Å². The maximum absolute atomic E-state index is 6.40. The Labute approximate surface area is 198 Å². The van der Waals surface area contributed by atoms with Crippen LogP contribution in [0.4, 0.5) is 5.69 Å². The lowest BCUT2D eigenvalue weighted by Crippen LogP contribution is -2.50. The van der Waals surface area contributed by atoms with Crippen molar-refractivity contribution in [1.29, 1.82) is 0 Å². The number of nitrogens with zero attached hydrogens (tertiary/aromatic N) is 2. The summed E-state index contributed by atoms with van der Waals surface area (Å²) >= 11 is 0. The molecule has 33 heavy (non-hydrogen) atoms. The Hall–Kier alpha value is -3.18. The summed E-state index contributed by atoms with van der Waals surface area (Å²) in [6.45, 7) is 10.6. The van der Waals surface area contributed by atoms with Crippen molar-refractivity contribution in [2.24, 2.45) is 17.2 Å². The fourth-order valence-corrected chi connectivity index (χ4v) is 5.04. The van der Waals surface area contributed by atoms with E-state index < -0.39 is 0 Å². The van der Waals surface area contributed by atoms with Crippen LogP contribution in [-0.4, -0.2) is 37.1 Å². The molecule has 2 aromatic carbocycles. The molecule has 5 nitrogen and oxygen atoms in total. The van der Waals surface area contributed by atoms with Crippen LogP contribution in [0.15, 0.2) is 72.6 Å². The molecule has 5 heteroatoms. The van der Waals surface area contributed by atoms with Crippen LogP contribution in [-0.2, 0) is 0 Å². The molecule has 0 spiro atoms. The van der Waals surface area contributed by atoms with Crippen molar-refractivity contribution in [3.8, 4) is 0 Å². The third-order valence-electron chi connectivity index (χ3n) is 7.10. The number of hydrogen-bond acceptors (Lipinski definition) is 5. The summed E-state index contributed by atoms with van der Waals surface area (Å²) in [6.07, 6.45) is 6.79. The number of anilines is 1. The standard InChI is InChI=1S/C28H37N5/c1-20-7-11-23(12-8-20)32-15-17-33(18-16-32)24-13-9-22(10-14-24)26(28(30)31)19-27(29)25-6-4-3-5-21(25)2/h3-6,9-10,13-14,19,23H,1,7-8,11-12,15-18,29-31H2,2H3/b27-19-.